The van der Waals surface area contributed by atoms with Crippen LogP contribution in [0.4, 0.5) is 5.69 Å². The Morgan fingerprint density at radius 3 is 2.53 bits per heavy atom. The van der Waals surface area contributed by atoms with Crippen LogP contribution in [-0.4, -0.2) is 68.2 Å². The zero-order valence-corrected chi connectivity index (χ0v) is 22.5. The first kappa shape index (κ1) is 31.3. The summed E-state index contributed by atoms with van der Waals surface area (Å²) in [4.78, 5) is 39.8. The van der Waals surface area contributed by atoms with Gasteiger partial charge in [0.05, 0.1) is 32.0 Å². The average molecular weight is 505 g/mol. The van der Waals surface area contributed by atoms with Gasteiger partial charge in [0.2, 0.25) is 11.8 Å². The number of imide groups is 1. The highest BCUT2D eigenvalue weighted by atomic mass is 16.5. The van der Waals surface area contributed by atoms with Crippen molar-refractivity contribution in [3.05, 3.63) is 41.1 Å². The Morgan fingerprint density at radius 2 is 1.89 bits per heavy atom. The molecule has 1 aliphatic rings. The number of anilines is 1. The maximum absolute atomic E-state index is 13.9. The zero-order valence-electron chi connectivity index (χ0n) is 22.5. The molecule has 1 aromatic rings. The van der Waals surface area contributed by atoms with Gasteiger partial charge in [-0.2, -0.15) is 0 Å². The first-order chi connectivity index (χ1) is 17.4. The van der Waals surface area contributed by atoms with Crippen LogP contribution in [-0.2, 0) is 19.1 Å². The van der Waals surface area contributed by atoms with E-state index in [1.807, 2.05) is 52.0 Å². The molecule has 9 nitrogen and oxygen atoms in total. The Morgan fingerprint density at radius 1 is 1.19 bits per heavy atom. The molecule has 0 radical (unpaired) electrons. The van der Waals surface area contributed by atoms with Gasteiger partial charge in [0.25, 0.3) is 5.91 Å². The third-order valence-corrected chi connectivity index (χ3v) is 5.53. The fourth-order valence-corrected chi connectivity index (χ4v) is 3.81. The topological polar surface area (TPSA) is 123 Å². The van der Waals surface area contributed by atoms with Gasteiger partial charge < -0.3 is 25.4 Å². The van der Waals surface area contributed by atoms with Crippen molar-refractivity contribution in [1.82, 2.24) is 10.2 Å². The molecule has 1 saturated heterocycles. The molecule has 1 aromatic carbocycles. The lowest BCUT2D eigenvalue weighted by Crippen LogP contribution is -2.53. The Balaban J connectivity index is 0.00000316. The van der Waals surface area contributed by atoms with Crippen LogP contribution in [0.15, 0.2) is 30.0 Å². The first-order valence-electron chi connectivity index (χ1n) is 12.9. The van der Waals surface area contributed by atoms with Gasteiger partial charge in [-0.1, -0.05) is 45.4 Å². The monoisotopic (exact) mass is 504 g/mol. The van der Waals surface area contributed by atoms with Crippen molar-refractivity contribution in [2.75, 3.05) is 44.8 Å². The molecule has 1 unspecified atom stereocenters. The van der Waals surface area contributed by atoms with E-state index in [9.17, 15) is 14.4 Å². The predicted molar refractivity (Wildman–Crippen MR) is 143 cm³/mol. The largest absolute Gasteiger partial charge is 0.382 e. The quantitative estimate of drug-likeness (QED) is 0.262. The minimum Gasteiger partial charge on any atom is -0.382 e. The number of carbonyl (C=O) groups excluding carboxylic acids is 3. The van der Waals surface area contributed by atoms with Crippen LogP contribution in [0.25, 0.3) is 0 Å². The molecule has 4 N–H and O–H groups in total. The highest BCUT2D eigenvalue weighted by molar-refractivity contribution is 6.06. The van der Waals surface area contributed by atoms with E-state index in [4.69, 9.17) is 15.2 Å². The number of aryl methyl sites for hydroxylation is 1. The second kappa shape index (κ2) is 17.6. The van der Waals surface area contributed by atoms with Crippen molar-refractivity contribution >= 4 is 23.4 Å². The summed E-state index contributed by atoms with van der Waals surface area (Å²) in [6, 6.07) is 4.87. The zero-order chi connectivity index (χ0) is 26.9. The van der Waals surface area contributed by atoms with E-state index in [1.54, 1.807) is 0 Å². The second-order valence-electron chi connectivity index (χ2n) is 8.21. The highest BCUT2D eigenvalue weighted by Gasteiger charge is 2.36. The number of benzene rings is 1. The van der Waals surface area contributed by atoms with E-state index in [0.29, 0.717) is 62.9 Å². The number of nitrogens with two attached hydrogens (primary N) is 1. The molecular weight excluding hydrogens is 460 g/mol. The van der Waals surface area contributed by atoms with E-state index in [1.165, 1.54) is 4.90 Å². The van der Waals surface area contributed by atoms with Gasteiger partial charge in [0, 0.05) is 30.9 Å². The maximum atomic E-state index is 13.9. The standard InChI is InChI=1S/C25H38N4O5.C2H6/c1-4-5-8-19(3)29(21-10-11-22(30)28-24(21)31)25(32)23-18(2)7-6-9-20(23)27-13-15-34-17-16-33-14-12-26;1-2/h6-9,21,27H,4-5,10-17,26H2,1-3H3,(H,28,30,31);1-2H3/b19-8+;. The second-order valence-corrected chi connectivity index (χ2v) is 8.21. The molecule has 0 aromatic heterocycles. The Bertz CT molecular complexity index is 872. The minimum atomic E-state index is -0.734. The molecule has 1 heterocycles. The van der Waals surface area contributed by atoms with Gasteiger partial charge in [0.1, 0.15) is 6.04 Å². The van der Waals surface area contributed by atoms with Crippen LogP contribution in [0.5, 0.6) is 0 Å². The van der Waals surface area contributed by atoms with Crippen molar-refractivity contribution in [2.45, 2.75) is 66.3 Å². The third-order valence-electron chi connectivity index (χ3n) is 5.53. The normalized spacial score (nSPS) is 15.6. The van der Waals surface area contributed by atoms with Crippen molar-refractivity contribution in [3.8, 4) is 0 Å². The molecule has 0 aliphatic carbocycles. The number of ether oxygens (including phenoxy) is 2. The van der Waals surface area contributed by atoms with Crippen LogP contribution in [0.2, 0.25) is 0 Å². The molecule has 36 heavy (non-hydrogen) atoms. The third kappa shape index (κ3) is 9.72. The van der Waals surface area contributed by atoms with Crippen LogP contribution in [0.1, 0.15) is 69.3 Å². The lowest BCUT2D eigenvalue weighted by molar-refractivity contribution is -0.136. The van der Waals surface area contributed by atoms with Crippen LogP contribution in [0.3, 0.4) is 0 Å². The van der Waals surface area contributed by atoms with E-state index in [0.717, 1.165) is 18.4 Å². The SMILES string of the molecule is CC.CCC/C=C(\C)N(C(=O)c1c(C)cccc1NCCOCCOCCN)C1CCC(=O)NC1=O. The molecule has 0 spiro atoms. The van der Waals surface area contributed by atoms with Crippen molar-refractivity contribution < 1.29 is 23.9 Å². The molecular formula is C27H44N4O5. The van der Waals surface area contributed by atoms with Gasteiger partial charge in [-0.3, -0.25) is 19.7 Å². The van der Waals surface area contributed by atoms with Gasteiger partial charge in [0.15, 0.2) is 0 Å². The molecule has 202 valence electrons. The van der Waals surface area contributed by atoms with Gasteiger partial charge in [-0.15, -0.1) is 0 Å². The molecule has 1 aliphatic heterocycles. The first-order valence-corrected chi connectivity index (χ1v) is 12.9. The smallest absolute Gasteiger partial charge is 0.261 e. The summed E-state index contributed by atoms with van der Waals surface area (Å²) < 4.78 is 10.8. The highest BCUT2D eigenvalue weighted by Crippen LogP contribution is 2.27. The van der Waals surface area contributed by atoms with Gasteiger partial charge in [-0.25, -0.2) is 0 Å². The summed E-state index contributed by atoms with van der Waals surface area (Å²) in [5.41, 5.74) is 8.06. The number of nitrogens with one attached hydrogen (secondary N) is 2. The lowest BCUT2D eigenvalue weighted by atomic mass is 9.99. The molecule has 1 atom stereocenters. The maximum Gasteiger partial charge on any atom is 0.261 e. The van der Waals surface area contributed by atoms with Crippen LogP contribution < -0.4 is 16.4 Å². The number of rotatable bonds is 14. The number of unbranched alkanes of at least 4 members (excludes halogenated alkanes) is 1. The minimum absolute atomic E-state index is 0.201. The van der Waals surface area contributed by atoms with Crippen LogP contribution >= 0.6 is 0 Å². The molecule has 1 fully saturated rings. The van der Waals surface area contributed by atoms with Gasteiger partial charge in [-0.05, 0) is 38.3 Å². The number of piperidine rings is 1. The summed E-state index contributed by atoms with van der Waals surface area (Å²) in [6.45, 7) is 12.6. The van der Waals surface area contributed by atoms with Crippen molar-refractivity contribution in [3.63, 3.8) is 0 Å². The number of amides is 3. The van der Waals surface area contributed by atoms with E-state index >= 15 is 0 Å². The molecule has 3 amide bonds. The summed E-state index contributed by atoms with van der Waals surface area (Å²) in [7, 11) is 0. The Labute approximate surface area is 215 Å². The van der Waals surface area contributed by atoms with Crippen molar-refractivity contribution in [1.29, 1.82) is 0 Å². The fraction of sp³-hybridized carbons (Fsp3) is 0.593. The lowest BCUT2D eigenvalue weighted by Gasteiger charge is -2.34. The molecule has 0 bridgehead atoms. The number of hydrogen-bond acceptors (Lipinski definition) is 7. The summed E-state index contributed by atoms with van der Waals surface area (Å²) in [6.07, 6.45) is 4.17. The molecule has 0 saturated carbocycles. The summed E-state index contributed by atoms with van der Waals surface area (Å²) in [5.74, 6) is -1.02. The number of nitrogens with zero attached hydrogens (tertiary/aromatic N) is 1. The van der Waals surface area contributed by atoms with E-state index in [-0.39, 0.29) is 18.2 Å². The number of hydrogen-bond donors (Lipinski definition) is 3. The molecule has 9 heteroatoms. The summed E-state index contributed by atoms with van der Waals surface area (Å²) in [5, 5.41) is 5.66. The number of allylic oxidation sites excluding steroid dienone is 2. The van der Waals surface area contributed by atoms with Crippen molar-refractivity contribution in [2.24, 2.45) is 5.73 Å². The van der Waals surface area contributed by atoms with E-state index < -0.39 is 11.9 Å². The Kier molecular flexibility index (Phi) is 15.3. The fourth-order valence-electron chi connectivity index (χ4n) is 3.81. The average Bonchev–Trinajstić information content (AvgIpc) is 2.87. The van der Waals surface area contributed by atoms with E-state index in [2.05, 4.69) is 17.6 Å². The number of carbonyl (C=O) groups is 3. The Hall–Kier alpha value is -2.75. The predicted octanol–water partition coefficient (Wildman–Crippen LogP) is 3.38. The molecule has 2 rings (SSSR count). The van der Waals surface area contributed by atoms with Crippen LogP contribution in [0, 0.1) is 6.92 Å². The summed E-state index contributed by atoms with van der Waals surface area (Å²) >= 11 is 0. The van der Waals surface area contributed by atoms with Gasteiger partial charge >= 0.3 is 0 Å².